The van der Waals surface area contributed by atoms with E-state index in [-0.39, 0.29) is 0 Å². The highest BCUT2D eigenvalue weighted by Gasteiger charge is 2.23. The van der Waals surface area contributed by atoms with E-state index in [1.807, 2.05) is 18.2 Å². The Balaban J connectivity index is 2.12. The number of hydrogen-bond acceptors (Lipinski definition) is 1. The van der Waals surface area contributed by atoms with E-state index in [2.05, 4.69) is 12.2 Å². The van der Waals surface area contributed by atoms with Gasteiger partial charge in [-0.3, -0.25) is 0 Å². The molecule has 1 nitrogen and oxygen atoms in total. The SMILES string of the molecule is CC1CCCC1Nc1cc(Cl)ccc1Cl. The lowest BCUT2D eigenvalue weighted by molar-refractivity contribution is 0.556. The molecule has 1 N–H and O–H groups in total. The van der Waals surface area contributed by atoms with Gasteiger partial charge in [0, 0.05) is 11.1 Å². The zero-order chi connectivity index (χ0) is 10.8. The van der Waals surface area contributed by atoms with Gasteiger partial charge < -0.3 is 5.32 Å². The highest BCUT2D eigenvalue weighted by Crippen LogP contribution is 2.32. The number of halogens is 2. The third-order valence-corrected chi connectivity index (χ3v) is 3.70. The molecule has 1 saturated carbocycles. The van der Waals surface area contributed by atoms with Gasteiger partial charge in [0.2, 0.25) is 0 Å². The summed E-state index contributed by atoms with van der Waals surface area (Å²) in [7, 11) is 0. The summed E-state index contributed by atoms with van der Waals surface area (Å²) in [6.07, 6.45) is 3.83. The summed E-state index contributed by atoms with van der Waals surface area (Å²) in [5.74, 6) is 0.722. The number of hydrogen-bond donors (Lipinski definition) is 1. The second-order valence-corrected chi connectivity index (χ2v) is 5.13. The van der Waals surface area contributed by atoms with Crippen molar-refractivity contribution in [2.24, 2.45) is 5.92 Å². The van der Waals surface area contributed by atoms with E-state index in [0.29, 0.717) is 6.04 Å². The summed E-state index contributed by atoms with van der Waals surface area (Å²) in [5, 5.41) is 4.96. The van der Waals surface area contributed by atoms with Gasteiger partial charge in [0.15, 0.2) is 0 Å². The molecule has 0 saturated heterocycles. The Morgan fingerprint density at radius 3 is 2.73 bits per heavy atom. The summed E-state index contributed by atoms with van der Waals surface area (Å²) in [6, 6.07) is 6.09. The lowest BCUT2D eigenvalue weighted by Gasteiger charge is -2.19. The van der Waals surface area contributed by atoms with Crippen LogP contribution in [-0.2, 0) is 0 Å². The molecule has 0 aromatic heterocycles. The number of anilines is 1. The molecular weight excluding hydrogens is 229 g/mol. The molecule has 2 atom stereocenters. The third-order valence-electron chi connectivity index (χ3n) is 3.13. The first-order valence-corrected chi connectivity index (χ1v) is 6.14. The molecule has 1 aromatic carbocycles. The monoisotopic (exact) mass is 243 g/mol. The highest BCUT2D eigenvalue weighted by molar-refractivity contribution is 6.35. The van der Waals surface area contributed by atoms with Crippen LogP contribution in [0.15, 0.2) is 18.2 Å². The van der Waals surface area contributed by atoms with Crippen LogP contribution in [0.4, 0.5) is 5.69 Å². The van der Waals surface area contributed by atoms with Crippen molar-refractivity contribution in [1.82, 2.24) is 0 Å². The molecule has 0 amide bonds. The molecule has 1 aliphatic rings. The van der Waals surface area contributed by atoms with Gasteiger partial charge >= 0.3 is 0 Å². The van der Waals surface area contributed by atoms with Crippen LogP contribution < -0.4 is 5.32 Å². The minimum absolute atomic E-state index is 0.543. The minimum Gasteiger partial charge on any atom is -0.381 e. The number of benzene rings is 1. The van der Waals surface area contributed by atoms with Gasteiger partial charge in [-0.25, -0.2) is 0 Å². The van der Waals surface area contributed by atoms with Crippen molar-refractivity contribution in [3.05, 3.63) is 28.2 Å². The van der Waals surface area contributed by atoms with Gasteiger partial charge in [-0.1, -0.05) is 36.5 Å². The molecule has 0 heterocycles. The fourth-order valence-corrected chi connectivity index (χ4v) is 2.51. The maximum absolute atomic E-state index is 6.10. The van der Waals surface area contributed by atoms with Gasteiger partial charge in [-0.2, -0.15) is 0 Å². The van der Waals surface area contributed by atoms with Crippen LogP contribution in [0.25, 0.3) is 0 Å². The molecule has 0 radical (unpaired) electrons. The normalized spacial score (nSPS) is 25.5. The van der Waals surface area contributed by atoms with E-state index in [0.717, 1.165) is 21.7 Å². The predicted octanol–water partition coefficient (Wildman–Crippen LogP) is 4.59. The Morgan fingerprint density at radius 1 is 1.27 bits per heavy atom. The zero-order valence-corrected chi connectivity index (χ0v) is 10.3. The Hall–Kier alpha value is -0.400. The fraction of sp³-hybridized carbons (Fsp3) is 0.500. The minimum atomic E-state index is 0.543. The van der Waals surface area contributed by atoms with E-state index in [4.69, 9.17) is 23.2 Å². The first-order chi connectivity index (χ1) is 7.16. The Morgan fingerprint density at radius 2 is 2.07 bits per heavy atom. The van der Waals surface area contributed by atoms with Crippen molar-refractivity contribution >= 4 is 28.9 Å². The standard InChI is InChI=1S/C12H15Cl2N/c1-8-3-2-4-11(8)15-12-7-9(13)5-6-10(12)14/h5-8,11,15H,2-4H2,1H3. The van der Waals surface area contributed by atoms with Gasteiger partial charge in [-0.05, 0) is 37.0 Å². The highest BCUT2D eigenvalue weighted by atomic mass is 35.5. The van der Waals surface area contributed by atoms with Crippen LogP contribution in [0.1, 0.15) is 26.2 Å². The van der Waals surface area contributed by atoms with Crippen LogP contribution in [0.3, 0.4) is 0 Å². The molecule has 0 spiro atoms. The van der Waals surface area contributed by atoms with Crippen molar-refractivity contribution in [3.8, 4) is 0 Å². The van der Waals surface area contributed by atoms with Crippen LogP contribution in [0.2, 0.25) is 10.0 Å². The molecule has 3 heteroatoms. The second-order valence-electron chi connectivity index (χ2n) is 4.28. The van der Waals surface area contributed by atoms with Crippen molar-refractivity contribution < 1.29 is 0 Å². The lowest BCUT2D eigenvalue weighted by atomic mass is 10.1. The maximum atomic E-state index is 6.10. The third kappa shape index (κ3) is 2.59. The quantitative estimate of drug-likeness (QED) is 0.801. The average molecular weight is 244 g/mol. The van der Waals surface area contributed by atoms with E-state index in [1.165, 1.54) is 19.3 Å². The van der Waals surface area contributed by atoms with Crippen LogP contribution in [0, 0.1) is 5.92 Å². The summed E-state index contributed by atoms with van der Waals surface area (Å²) in [4.78, 5) is 0. The van der Waals surface area contributed by atoms with Gasteiger partial charge in [0.05, 0.1) is 10.7 Å². The second kappa shape index (κ2) is 4.63. The molecule has 2 rings (SSSR count). The van der Waals surface area contributed by atoms with E-state index >= 15 is 0 Å². The molecule has 0 aliphatic heterocycles. The first kappa shape index (κ1) is 11.1. The van der Waals surface area contributed by atoms with E-state index in [1.54, 1.807) is 0 Å². The average Bonchev–Trinajstić information content (AvgIpc) is 2.58. The van der Waals surface area contributed by atoms with Crippen LogP contribution >= 0.6 is 23.2 Å². The van der Waals surface area contributed by atoms with Gasteiger partial charge in [0.1, 0.15) is 0 Å². The smallest absolute Gasteiger partial charge is 0.0638 e. The number of rotatable bonds is 2. The molecule has 2 unspecified atom stereocenters. The summed E-state index contributed by atoms with van der Waals surface area (Å²) in [5.41, 5.74) is 0.961. The lowest BCUT2D eigenvalue weighted by Crippen LogP contribution is -2.21. The summed E-state index contributed by atoms with van der Waals surface area (Å²) in [6.45, 7) is 2.28. The van der Waals surface area contributed by atoms with Crippen molar-refractivity contribution in [1.29, 1.82) is 0 Å². The van der Waals surface area contributed by atoms with Crippen LogP contribution in [-0.4, -0.2) is 6.04 Å². The van der Waals surface area contributed by atoms with Crippen molar-refractivity contribution in [2.75, 3.05) is 5.32 Å². The zero-order valence-electron chi connectivity index (χ0n) is 8.76. The van der Waals surface area contributed by atoms with Crippen LogP contribution in [0.5, 0.6) is 0 Å². The molecular formula is C12H15Cl2N. The molecule has 1 aromatic rings. The van der Waals surface area contributed by atoms with Gasteiger partial charge in [-0.15, -0.1) is 0 Å². The predicted molar refractivity (Wildman–Crippen MR) is 66.9 cm³/mol. The first-order valence-electron chi connectivity index (χ1n) is 5.38. The van der Waals surface area contributed by atoms with E-state index < -0.39 is 0 Å². The Bertz CT molecular complexity index is 351. The maximum Gasteiger partial charge on any atom is 0.0638 e. The molecule has 1 fully saturated rings. The van der Waals surface area contributed by atoms with Gasteiger partial charge in [0.25, 0.3) is 0 Å². The topological polar surface area (TPSA) is 12.0 Å². The molecule has 15 heavy (non-hydrogen) atoms. The molecule has 1 aliphatic carbocycles. The summed E-state index contributed by atoms with van der Waals surface area (Å²) >= 11 is 12.0. The Labute approximate surface area is 101 Å². The largest absolute Gasteiger partial charge is 0.381 e. The fourth-order valence-electron chi connectivity index (χ4n) is 2.17. The van der Waals surface area contributed by atoms with Crippen molar-refractivity contribution in [3.63, 3.8) is 0 Å². The molecule has 0 bridgehead atoms. The molecule has 82 valence electrons. The summed E-state index contributed by atoms with van der Waals surface area (Å²) < 4.78 is 0. The Kier molecular flexibility index (Phi) is 3.42. The number of nitrogens with one attached hydrogen (secondary N) is 1. The van der Waals surface area contributed by atoms with E-state index in [9.17, 15) is 0 Å². The van der Waals surface area contributed by atoms with Crippen molar-refractivity contribution in [2.45, 2.75) is 32.2 Å².